The van der Waals surface area contributed by atoms with Gasteiger partial charge in [0.15, 0.2) is 0 Å². The lowest BCUT2D eigenvalue weighted by atomic mass is 10.1. The van der Waals surface area contributed by atoms with E-state index in [-0.39, 0.29) is 0 Å². The molecule has 1 heterocycles. The topological polar surface area (TPSA) is 26.0 Å². The van der Waals surface area contributed by atoms with E-state index in [1.807, 2.05) is 0 Å². The number of hydrogen-bond acceptors (Lipinski definition) is 2. The van der Waals surface area contributed by atoms with E-state index >= 15 is 0 Å². The van der Waals surface area contributed by atoms with Crippen LogP contribution in [0.15, 0.2) is 4.52 Å². The van der Waals surface area contributed by atoms with Gasteiger partial charge in [0.2, 0.25) is 0 Å². The predicted molar refractivity (Wildman–Crippen MR) is 44.6 cm³/mol. The van der Waals surface area contributed by atoms with Crippen molar-refractivity contribution in [3.05, 3.63) is 17.0 Å². The molecule has 0 aliphatic rings. The molecule has 0 radical (unpaired) electrons. The molecule has 0 unspecified atom stereocenters. The summed E-state index contributed by atoms with van der Waals surface area (Å²) in [5.74, 6) is 1.06. The first kappa shape index (κ1) is 8.31. The first-order valence-corrected chi connectivity index (χ1v) is 4.29. The number of rotatable bonds is 3. The van der Waals surface area contributed by atoms with Crippen molar-refractivity contribution in [3.8, 4) is 0 Å². The molecule has 1 aromatic heterocycles. The van der Waals surface area contributed by atoms with E-state index in [0.717, 1.165) is 30.7 Å². The SMILES string of the molecule is CCc1noc(CC)c1CC. The van der Waals surface area contributed by atoms with Crippen molar-refractivity contribution in [1.29, 1.82) is 0 Å². The van der Waals surface area contributed by atoms with Crippen LogP contribution in [0.3, 0.4) is 0 Å². The Kier molecular flexibility index (Phi) is 2.69. The van der Waals surface area contributed by atoms with E-state index in [0.29, 0.717) is 0 Å². The highest BCUT2D eigenvalue weighted by Gasteiger charge is 2.09. The van der Waals surface area contributed by atoms with Crippen LogP contribution >= 0.6 is 0 Å². The Morgan fingerprint density at radius 2 is 1.82 bits per heavy atom. The first-order chi connectivity index (χ1) is 5.33. The zero-order valence-electron chi connectivity index (χ0n) is 7.48. The molecule has 0 spiro atoms. The van der Waals surface area contributed by atoms with Crippen LogP contribution in [0, 0.1) is 0 Å². The average Bonchev–Trinajstić information content (AvgIpc) is 2.45. The molecule has 0 N–H and O–H groups in total. The Balaban J connectivity index is 2.99. The van der Waals surface area contributed by atoms with Crippen LogP contribution < -0.4 is 0 Å². The molecule has 0 aliphatic carbocycles. The normalized spacial score (nSPS) is 10.5. The molecule has 1 rings (SSSR count). The van der Waals surface area contributed by atoms with Crippen molar-refractivity contribution in [2.24, 2.45) is 0 Å². The van der Waals surface area contributed by atoms with E-state index in [1.165, 1.54) is 5.56 Å². The first-order valence-electron chi connectivity index (χ1n) is 4.29. The molecule has 62 valence electrons. The van der Waals surface area contributed by atoms with Crippen LogP contribution in [-0.4, -0.2) is 5.16 Å². The summed E-state index contributed by atoms with van der Waals surface area (Å²) >= 11 is 0. The van der Waals surface area contributed by atoms with Gasteiger partial charge in [-0.2, -0.15) is 0 Å². The van der Waals surface area contributed by atoms with Gasteiger partial charge in [0.05, 0.1) is 5.69 Å². The van der Waals surface area contributed by atoms with Gasteiger partial charge in [-0.1, -0.05) is 25.9 Å². The van der Waals surface area contributed by atoms with Crippen LogP contribution in [0.4, 0.5) is 0 Å². The minimum absolute atomic E-state index is 0.955. The zero-order valence-corrected chi connectivity index (χ0v) is 7.48. The Morgan fingerprint density at radius 1 is 1.09 bits per heavy atom. The van der Waals surface area contributed by atoms with E-state index in [2.05, 4.69) is 25.9 Å². The maximum absolute atomic E-state index is 5.18. The van der Waals surface area contributed by atoms with Crippen LogP contribution in [-0.2, 0) is 19.3 Å². The second kappa shape index (κ2) is 3.56. The van der Waals surface area contributed by atoms with Crippen molar-refractivity contribution >= 4 is 0 Å². The highest BCUT2D eigenvalue weighted by atomic mass is 16.5. The molecular formula is C9H15NO. The summed E-state index contributed by atoms with van der Waals surface area (Å²) in [5.41, 5.74) is 2.44. The lowest BCUT2D eigenvalue weighted by Gasteiger charge is -1.94. The summed E-state index contributed by atoms with van der Waals surface area (Å²) in [4.78, 5) is 0. The van der Waals surface area contributed by atoms with Crippen LogP contribution in [0.2, 0.25) is 0 Å². The molecule has 0 aromatic carbocycles. The van der Waals surface area contributed by atoms with Gasteiger partial charge in [-0.15, -0.1) is 0 Å². The molecule has 0 saturated carbocycles. The average molecular weight is 153 g/mol. The van der Waals surface area contributed by atoms with Gasteiger partial charge < -0.3 is 4.52 Å². The monoisotopic (exact) mass is 153 g/mol. The molecule has 0 fully saturated rings. The summed E-state index contributed by atoms with van der Waals surface area (Å²) in [6.07, 6.45) is 2.97. The number of hydrogen-bond donors (Lipinski definition) is 0. The van der Waals surface area contributed by atoms with Gasteiger partial charge in [-0.3, -0.25) is 0 Å². The van der Waals surface area contributed by atoms with Gasteiger partial charge >= 0.3 is 0 Å². The smallest absolute Gasteiger partial charge is 0.139 e. The highest BCUT2D eigenvalue weighted by Crippen LogP contribution is 2.15. The summed E-state index contributed by atoms with van der Waals surface area (Å²) in [7, 11) is 0. The van der Waals surface area contributed by atoms with E-state index in [4.69, 9.17) is 4.52 Å². The Labute approximate surface area is 67.6 Å². The van der Waals surface area contributed by atoms with Crippen molar-refractivity contribution in [2.45, 2.75) is 40.0 Å². The summed E-state index contributed by atoms with van der Waals surface area (Å²) in [6.45, 7) is 6.35. The number of aromatic nitrogens is 1. The zero-order chi connectivity index (χ0) is 8.27. The van der Waals surface area contributed by atoms with E-state index < -0.39 is 0 Å². The maximum Gasteiger partial charge on any atom is 0.139 e. The third kappa shape index (κ3) is 1.44. The van der Waals surface area contributed by atoms with Crippen molar-refractivity contribution in [3.63, 3.8) is 0 Å². The van der Waals surface area contributed by atoms with Crippen LogP contribution in [0.5, 0.6) is 0 Å². The predicted octanol–water partition coefficient (Wildman–Crippen LogP) is 2.36. The number of aryl methyl sites for hydroxylation is 2. The van der Waals surface area contributed by atoms with Crippen LogP contribution in [0.25, 0.3) is 0 Å². The standard InChI is InChI=1S/C9H15NO/c1-4-7-8(5-2)10-11-9(7)6-3/h4-6H2,1-3H3. The lowest BCUT2D eigenvalue weighted by Crippen LogP contribution is -1.90. The third-order valence-corrected chi connectivity index (χ3v) is 1.96. The molecule has 0 bridgehead atoms. The summed E-state index contributed by atoms with van der Waals surface area (Å²) < 4.78 is 5.18. The molecule has 2 nitrogen and oxygen atoms in total. The molecule has 1 aromatic rings. The molecular weight excluding hydrogens is 138 g/mol. The summed E-state index contributed by atoms with van der Waals surface area (Å²) in [6, 6.07) is 0. The second-order valence-electron chi connectivity index (χ2n) is 2.59. The van der Waals surface area contributed by atoms with Gasteiger partial charge in [0, 0.05) is 12.0 Å². The van der Waals surface area contributed by atoms with Gasteiger partial charge in [0.25, 0.3) is 0 Å². The Hall–Kier alpha value is -0.790. The van der Waals surface area contributed by atoms with Crippen LogP contribution in [0.1, 0.15) is 37.8 Å². The Bertz CT molecular complexity index is 206. The minimum Gasteiger partial charge on any atom is -0.361 e. The van der Waals surface area contributed by atoms with E-state index in [1.54, 1.807) is 0 Å². The fourth-order valence-electron chi connectivity index (χ4n) is 1.34. The fraction of sp³-hybridized carbons (Fsp3) is 0.667. The highest BCUT2D eigenvalue weighted by molar-refractivity contribution is 5.22. The van der Waals surface area contributed by atoms with Crippen molar-refractivity contribution < 1.29 is 4.52 Å². The maximum atomic E-state index is 5.18. The quantitative estimate of drug-likeness (QED) is 0.666. The largest absolute Gasteiger partial charge is 0.361 e. The van der Waals surface area contributed by atoms with E-state index in [9.17, 15) is 0 Å². The number of nitrogens with zero attached hydrogens (tertiary/aromatic N) is 1. The molecule has 0 saturated heterocycles. The van der Waals surface area contributed by atoms with Gasteiger partial charge in [-0.05, 0) is 12.8 Å². The molecule has 0 aliphatic heterocycles. The second-order valence-corrected chi connectivity index (χ2v) is 2.59. The summed E-state index contributed by atoms with van der Waals surface area (Å²) in [5, 5.41) is 4.00. The van der Waals surface area contributed by atoms with Gasteiger partial charge in [0.1, 0.15) is 5.76 Å². The molecule has 0 amide bonds. The third-order valence-electron chi connectivity index (χ3n) is 1.96. The van der Waals surface area contributed by atoms with Gasteiger partial charge in [-0.25, -0.2) is 0 Å². The van der Waals surface area contributed by atoms with Crippen molar-refractivity contribution in [2.75, 3.05) is 0 Å². The van der Waals surface area contributed by atoms with Crippen molar-refractivity contribution in [1.82, 2.24) is 5.16 Å². The molecule has 0 atom stereocenters. The Morgan fingerprint density at radius 3 is 2.27 bits per heavy atom. The molecule has 2 heteroatoms. The lowest BCUT2D eigenvalue weighted by molar-refractivity contribution is 0.380. The minimum atomic E-state index is 0.955. The molecule has 11 heavy (non-hydrogen) atoms. The fourth-order valence-corrected chi connectivity index (χ4v) is 1.34.